The van der Waals surface area contributed by atoms with Crippen LogP contribution in [0.2, 0.25) is 0 Å². The van der Waals surface area contributed by atoms with E-state index < -0.39 is 6.04 Å². The molecule has 0 fully saturated rings. The molecular formula is C14H15NO2. The lowest BCUT2D eigenvalue weighted by Crippen LogP contribution is -2.15. The quantitative estimate of drug-likeness (QED) is 0.846. The van der Waals surface area contributed by atoms with Crippen molar-refractivity contribution >= 4 is 0 Å². The van der Waals surface area contributed by atoms with Crippen molar-refractivity contribution in [3.05, 3.63) is 60.2 Å². The zero-order chi connectivity index (χ0) is 12.1. The molecule has 2 aromatic carbocycles. The molecule has 3 heteroatoms. The zero-order valence-corrected chi connectivity index (χ0v) is 9.41. The van der Waals surface area contributed by atoms with Gasteiger partial charge in [0.15, 0.2) is 0 Å². The van der Waals surface area contributed by atoms with Crippen LogP contribution in [-0.4, -0.2) is 11.7 Å². The second-order valence-corrected chi connectivity index (χ2v) is 3.74. The first-order chi connectivity index (χ1) is 8.31. The van der Waals surface area contributed by atoms with Gasteiger partial charge in [0, 0.05) is 5.56 Å². The molecule has 0 spiro atoms. The maximum Gasteiger partial charge on any atom is 0.132 e. The minimum Gasteiger partial charge on any atom is -0.457 e. The first-order valence-electron chi connectivity index (χ1n) is 5.49. The maximum atomic E-state index is 9.10. The fraction of sp³-hybridized carbons (Fsp3) is 0.143. The molecule has 3 N–H and O–H groups in total. The smallest absolute Gasteiger partial charge is 0.132 e. The minimum atomic E-state index is -0.421. The fourth-order valence-corrected chi connectivity index (χ4v) is 1.59. The van der Waals surface area contributed by atoms with E-state index in [4.69, 9.17) is 15.6 Å². The molecule has 1 atom stereocenters. The van der Waals surface area contributed by atoms with E-state index in [-0.39, 0.29) is 6.61 Å². The molecule has 0 amide bonds. The Labute approximate surface area is 100 Å². The highest BCUT2D eigenvalue weighted by Crippen LogP contribution is 2.28. The van der Waals surface area contributed by atoms with Gasteiger partial charge in [0.25, 0.3) is 0 Å². The highest BCUT2D eigenvalue weighted by atomic mass is 16.5. The van der Waals surface area contributed by atoms with Gasteiger partial charge >= 0.3 is 0 Å². The highest BCUT2D eigenvalue weighted by molar-refractivity contribution is 5.39. The lowest BCUT2D eigenvalue weighted by atomic mass is 10.1. The summed E-state index contributed by atoms with van der Waals surface area (Å²) in [6, 6.07) is 16.5. The Morgan fingerprint density at radius 3 is 2.35 bits per heavy atom. The lowest BCUT2D eigenvalue weighted by molar-refractivity contribution is 0.265. The van der Waals surface area contributed by atoms with Crippen LogP contribution in [0.1, 0.15) is 11.6 Å². The number of aliphatic hydroxyl groups is 1. The third-order valence-corrected chi connectivity index (χ3v) is 2.49. The zero-order valence-electron chi connectivity index (χ0n) is 9.41. The Morgan fingerprint density at radius 2 is 1.65 bits per heavy atom. The summed E-state index contributed by atoms with van der Waals surface area (Å²) in [7, 11) is 0. The Bertz CT molecular complexity index is 471. The molecule has 0 aromatic heterocycles. The second-order valence-electron chi connectivity index (χ2n) is 3.74. The molecule has 0 saturated heterocycles. The fourth-order valence-electron chi connectivity index (χ4n) is 1.59. The Morgan fingerprint density at radius 1 is 1.00 bits per heavy atom. The van der Waals surface area contributed by atoms with E-state index in [0.717, 1.165) is 11.3 Å². The van der Waals surface area contributed by atoms with E-state index in [0.29, 0.717) is 5.75 Å². The summed E-state index contributed by atoms with van der Waals surface area (Å²) < 4.78 is 5.74. The van der Waals surface area contributed by atoms with E-state index in [1.54, 1.807) is 0 Å². The third kappa shape index (κ3) is 2.84. The summed E-state index contributed by atoms with van der Waals surface area (Å²) in [5.74, 6) is 1.44. The van der Waals surface area contributed by atoms with Crippen molar-refractivity contribution < 1.29 is 9.84 Å². The van der Waals surface area contributed by atoms with Gasteiger partial charge in [-0.2, -0.15) is 0 Å². The molecule has 88 valence electrons. The Balaban J connectivity index is 2.27. The van der Waals surface area contributed by atoms with Crippen LogP contribution in [-0.2, 0) is 0 Å². The number of nitrogens with two attached hydrogens (primary N) is 1. The van der Waals surface area contributed by atoms with E-state index in [2.05, 4.69) is 0 Å². The number of benzene rings is 2. The van der Waals surface area contributed by atoms with Crippen LogP contribution in [0, 0.1) is 0 Å². The van der Waals surface area contributed by atoms with Gasteiger partial charge < -0.3 is 15.6 Å². The summed E-state index contributed by atoms with van der Waals surface area (Å²) in [6.07, 6.45) is 0. The first-order valence-corrected chi connectivity index (χ1v) is 5.49. The first kappa shape index (κ1) is 11.6. The Hall–Kier alpha value is -1.84. The molecule has 0 aliphatic heterocycles. The maximum absolute atomic E-state index is 9.10. The SMILES string of the molecule is NC(CO)c1ccccc1Oc1ccccc1. The van der Waals surface area contributed by atoms with Gasteiger partial charge in [0.05, 0.1) is 12.6 Å². The van der Waals surface area contributed by atoms with Crippen molar-refractivity contribution in [1.82, 2.24) is 0 Å². The highest BCUT2D eigenvalue weighted by Gasteiger charge is 2.10. The summed E-state index contributed by atoms with van der Waals surface area (Å²) in [5, 5.41) is 9.10. The number of ether oxygens (including phenoxy) is 1. The van der Waals surface area contributed by atoms with Gasteiger partial charge in [-0.1, -0.05) is 36.4 Å². The number of hydrogen-bond donors (Lipinski definition) is 2. The summed E-state index contributed by atoms with van der Waals surface area (Å²) >= 11 is 0. The molecule has 17 heavy (non-hydrogen) atoms. The molecule has 1 unspecified atom stereocenters. The predicted octanol–water partition coefficient (Wildman–Crippen LogP) is 2.47. The van der Waals surface area contributed by atoms with Crippen molar-refractivity contribution in [1.29, 1.82) is 0 Å². The van der Waals surface area contributed by atoms with Gasteiger partial charge in [0.1, 0.15) is 11.5 Å². The van der Waals surface area contributed by atoms with Gasteiger partial charge in [-0.15, -0.1) is 0 Å². The normalized spacial score (nSPS) is 12.1. The molecular weight excluding hydrogens is 214 g/mol. The monoisotopic (exact) mass is 229 g/mol. The summed E-state index contributed by atoms with van der Waals surface area (Å²) in [5.41, 5.74) is 6.62. The van der Waals surface area contributed by atoms with E-state index >= 15 is 0 Å². The van der Waals surface area contributed by atoms with Crippen molar-refractivity contribution in [2.24, 2.45) is 5.73 Å². The van der Waals surface area contributed by atoms with Crippen LogP contribution in [0.3, 0.4) is 0 Å². The predicted molar refractivity (Wildman–Crippen MR) is 67.0 cm³/mol. The molecule has 0 aliphatic carbocycles. The average Bonchev–Trinajstić information content (AvgIpc) is 2.40. The van der Waals surface area contributed by atoms with Crippen molar-refractivity contribution in [3.63, 3.8) is 0 Å². The Kier molecular flexibility index (Phi) is 3.75. The van der Waals surface area contributed by atoms with Crippen molar-refractivity contribution in [3.8, 4) is 11.5 Å². The third-order valence-electron chi connectivity index (χ3n) is 2.49. The second kappa shape index (κ2) is 5.48. The van der Waals surface area contributed by atoms with Crippen LogP contribution in [0.5, 0.6) is 11.5 Å². The van der Waals surface area contributed by atoms with Gasteiger partial charge in [-0.25, -0.2) is 0 Å². The van der Waals surface area contributed by atoms with Crippen LogP contribution in [0.25, 0.3) is 0 Å². The largest absolute Gasteiger partial charge is 0.457 e. The number of para-hydroxylation sites is 2. The number of hydrogen-bond acceptors (Lipinski definition) is 3. The van der Waals surface area contributed by atoms with Crippen molar-refractivity contribution in [2.45, 2.75) is 6.04 Å². The van der Waals surface area contributed by atoms with E-state index in [1.807, 2.05) is 54.6 Å². The average molecular weight is 229 g/mol. The summed E-state index contributed by atoms with van der Waals surface area (Å²) in [6.45, 7) is -0.102. The molecule has 0 bridgehead atoms. The minimum absolute atomic E-state index is 0.102. The molecule has 2 aromatic rings. The molecule has 0 aliphatic rings. The lowest BCUT2D eigenvalue weighted by Gasteiger charge is -2.14. The molecule has 2 rings (SSSR count). The molecule has 3 nitrogen and oxygen atoms in total. The van der Waals surface area contributed by atoms with E-state index in [9.17, 15) is 0 Å². The topological polar surface area (TPSA) is 55.5 Å². The van der Waals surface area contributed by atoms with Crippen LogP contribution < -0.4 is 10.5 Å². The molecule has 0 saturated carbocycles. The van der Waals surface area contributed by atoms with Gasteiger partial charge in [-0.3, -0.25) is 0 Å². The van der Waals surface area contributed by atoms with E-state index in [1.165, 1.54) is 0 Å². The van der Waals surface area contributed by atoms with Crippen LogP contribution >= 0.6 is 0 Å². The van der Waals surface area contributed by atoms with Crippen LogP contribution in [0.4, 0.5) is 0 Å². The summed E-state index contributed by atoms with van der Waals surface area (Å²) in [4.78, 5) is 0. The van der Waals surface area contributed by atoms with Gasteiger partial charge in [0.2, 0.25) is 0 Å². The van der Waals surface area contributed by atoms with Crippen molar-refractivity contribution in [2.75, 3.05) is 6.61 Å². The molecule has 0 radical (unpaired) electrons. The van der Waals surface area contributed by atoms with Crippen LogP contribution in [0.15, 0.2) is 54.6 Å². The number of rotatable bonds is 4. The molecule has 0 heterocycles. The van der Waals surface area contributed by atoms with Gasteiger partial charge in [-0.05, 0) is 18.2 Å². The standard InChI is InChI=1S/C14H15NO2/c15-13(10-16)12-8-4-5-9-14(12)17-11-6-2-1-3-7-11/h1-9,13,16H,10,15H2. The number of aliphatic hydroxyl groups excluding tert-OH is 1.